The van der Waals surface area contributed by atoms with Crippen molar-refractivity contribution >= 4 is 0 Å². The summed E-state index contributed by atoms with van der Waals surface area (Å²) in [7, 11) is 0. The van der Waals surface area contributed by atoms with Gasteiger partial charge in [0.05, 0.1) is 6.10 Å². The van der Waals surface area contributed by atoms with Crippen LogP contribution < -0.4 is 0 Å². The lowest BCUT2D eigenvalue weighted by molar-refractivity contribution is 0.109. The molecule has 3 atom stereocenters. The van der Waals surface area contributed by atoms with E-state index in [0.29, 0.717) is 5.92 Å². The van der Waals surface area contributed by atoms with E-state index in [1.165, 1.54) is 30.4 Å². The van der Waals surface area contributed by atoms with Crippen LogP contribution in [0.15, 0.2) is 18.2 Å². The fourth-order valence-electron chi connectivity index (χ4n) is 2.95. The highest BCUT2D eigenvalue weighted by Gasteiger charge is 2.28. The Morgan fingerprint density at radius 3 is 2.56 bits per heavy atom. The molecular formula is C15H22O. The molecule has 1 nitrogen and oxygen atoms in total. The molecule has 0 saturated heterocycles. The minimum absolute atomic E-state index is 0.259. The summed E-state index contributed by atoms with van der Waals surface area (Å²) in [6, 6.07) is 6.36. The zero-order chi connectivity index (χ0) is 11.7. The second kappa shape index (κ2) is 4.58. The van der Waals surface area contributed by atoms with E-state index in [2.05, 4.69) is 39.0 Å². The van der Waals surface area contributed by atoms with Crippen LogP contribution in [-0.2, 0) is 0 Å². The first-order valence-electron chi connectivity index (χ1n) is 6.33. The van der Waals surface area contributed by atoms with E-state index >= 15 is 0 Å². The molecule has 0 radical (unpaired) electrons. The molecule has 0 amide bonds. The van der Waals surface area contributed by atoms with E-state index in [1.807, 2.05) is 0 Å². The summed E-state index contributed by atoms with van der Waals surface area (Å²) in [5.74, 6) is 1.25. The molecule has 1 aromatic carbocycles. The Morgan fingerprint density at radius 2 is 2.00 bits per heavy atom. The number of aliphatic hydroxyl groups excluding tert-OH is 1. The first-order valence-corrected chi connectivity index (χ1v) is 6.33. The van der Waals surface area contributed by atoms with Crippen molar-refractivity contribution in [2.75, 3.05) is 0 Å². The molecule has 1 N–H and O–H groups in total. The molecule has 0 bridgehead atoms. The van der Waals surface area contributed by atoms with Crippen LogP contribution in [0.4, 0.5) is 0 Å². The Balaban J connectivity index is 2.17. The summed E-state index contributed by atoms with van der Waals surface area (Å²) in [4.78, 5) is 0. The standard InChI is InChI=1S/C15H22O/c1-10-5-7-14(12(3)8-10)15(16)13-6-4-11(2)9-13/h5,7-8,11,13,15-16H,4,6,9H2,1-3H3. The van der Waals surface area contributed by atoms with Crippen LogP contribution in [0, 0.1) is 25.7 Å². The van der Waals surface area contributed by atoms with E-state index in [-0.39, 0.29) is 6.10 Å². The van der Waals surface area contributed by atoms with Crippen LogP contribution >= 0.6 is 0 Å². The highest BCUT2D eigenvalue weighted by molar-refractivity contribution is 5.32. The zero-order valence-corrected chi connectivity index (χ0v) is 10.5. The maximum atomic E-state index is 10.4. The van der Waals surface area contributed by atoms with E-state index in [4.69, 9.17) is 0 Å². The van der Waals surface area contributed by atoms with Gasteiger partial charge in [-0.1, -0.05) is 37.1 Å². The number of hydrogen-bond acceptors (Lipinski definition) is 1. The molecule has 1 saturated carbocycles. The quantitative estimate of drug-likeness (QED) is 0.801. The Hall–Kier alpha value is -0.820. The Kier molecular flexibility index (Phi) is 3.34. The molecule has 1 fully saturated rings. The van der Waals surface area contributed by atoms with Gasteiger partial charge < -0.3 is 5.11 Å². The smallest absolute Gasteiger partial charge is 0.0820 e. The first-order chi connectivity index (χ1) is 7.58. The van der Waals surface area contributed by atoms with Gasteiger partial charge in [-0.05, 0) is 49.7 Å². The van der Waals surface area contributed by atoms with E-state index in [9.17, 15) is 5.11 Å². The molecule has 2 rings (SSSR count). The van der Waals surface area contributed by atoms with Crippen LogP contribution in [0.3, 0.4) is 0 Å². The van der Waals surface area contributed by atoms with Gasteiger partial charge in [-0.2, -0.15) is 0 Å². The van der Waals surface area contributed by atoms with Gasteiger partial charge in [-0.15, -0.1) is 0 Å². The van der Waals surface area contributed by atoms with Gasteiger partial charge in [-0.25, -0.2) is 0 Å². The van der Waals surface area contributed by atoms with Gasteiger partial charge in [0.2, 0.25) is 0 Å². The highest BCUT2D eigenvalue weighted by Crippen LogP contribution is 2.39. The predicted molar refractivity (Wildman–Crippen MR) is 67.4 cm³/mol. The number of aryl methyl sites for hydroxylation is 2. The Labute approximate surface area is 98.5 Å². The van der Waals surface area contributed by atoms with Crippen LogP contribution in [0.5, 0.6) is 0 Å². The summed E-state index contributed by atoms with van der Waals surface area (Å²) in [6.45, 7) is 6.49. The molecule has 0 spiro atoms. The SMILES string of the molecule is Cc1ccc(C(O)C2CCC(C)C2)c(C)c1. The van der Waals surface area contributed by atoms with Crippen molar-refractivity contribution in [2.24, 2.45) is 11.8 Å². The van der Waals surface area contributed by atoms with Crippen LogP contribution in [0.1, 0.15) is 49.0 Å². The van der Waals surface area contributed by atoms with Gasteiger partial charge in [-0.3, -0.25) is 0 Å². The average Bonchev–Trinajstić information content (AvgIpc) is 2.64. The molecule has 1 aliphatic carbocycles. The summed E-state index contributed by atoms with van der Waals surface area (Å²) in [5.41, 5.74) is 3.63. The average molecular weight is 218 g/mol. The predicted octanol–water partition coefficient (Wildman–Crippen LogP) is 3.77. The molecule has 3 unspecified atom stereocenters. The molecule has 1 aromatic rings. The van der Waals surface area contributed by atoms with Gasteiger partial charge >= 0.3 is 0 Å². The number of benzene rings is 1. The molecule has 88 valence electrons. The lowest BCUT2D eigenvalue weighted by Gasteiger charge is -2.20. The van der Waals surface area contributed by atoms with Crippen molar-refractivity contribution in [3.63, 3.8) is 0 Å². The summed E-state index contributed by atoms with van der Waals surface area (Å²) >= 11 is 0. The highest BCUT2D eigenvalue weighted by atomic mass is 16.3. The zero-order valence-electron chi connectivity index (χ0n) is 10.5. The first kappa shape index (κ1) is 11.7. The summed E-state index contributed by atoms with van der Waals surface area (Å²) in [6.07, 6.45) is 3.36. The van der Waals surface area contributed by atoms with Crippen molar-refractivity contribution in [2.45, 2.75) is 46.1 Å². The van der Waals surface area contributed by atoms with Crippen LogP contribution in [-0.4, -0.2) is 5.11 Å². The van der Waals surface area contributed by atoms with Gasteiger partial charge in [0, 0.05) is 0 Å². The minimum Gasteiger partial charge on any atom is -0.388 e. The van der Waals surface area contributed by atoms with Crippen molar-refractivity contribution < 1.29 is 5.11 Å². The third-order valence-corrected chi connectivity index (χ3v) is 3.93. The Morgan fingerprint density at radius 1 is 1.25 bits per heavy atom. The summed E-state index contributed by atoms with van der Waals surface area (Å²) in [5, 5.41) is 10.4. The second-order valence-electron chi connectivity index (χ2n) is 5.48. The second-order valence-corrected chi connectivity index (χ2v) is 5.48. The van der Waals surface area contributed by atoms with E-state index in [1.54, 1.807) is 0 Å². The normalized spacial score (nSPS) is 27.0. The van der Waals surface area contributed by atoms with Gasteiger partial charge in [0.1, 0.15) is 0 Å². The molecule has 0 heterocycles. The molecular weight excluding hydrogens is 196 g/mol. The van der Waals surface area contributed by atoms with Crippen LogP contribution in [0.25, 0.3) is 0 Å². The largest absolute Gasteiger partial charge is 0.388 e. The van der Waals surface area contributed by atoms with E-state index < -0.39 is 0 Å². The minimum atomic E-state index is -0.259. The van der Waals surface area contributed by atoms with Crippen LogP contribution in [0.2, 0.25) is 0 Å². The third kappa shape index (κ3) is 2.30. The maximum absolute atomic E-state index is 10.4. The molecule has 0 aliphatic heterocycles. The molecule has 0 aromatic heterocycles. The lowest BCUT2D eigenvalue weighted by atomic mass is 9.90. The van der Waals surface area contributed by atoms with E-state index in [0.717, 1.165) is 11.5 Å². The topological polar surface area (TPSA) is 20.2 Å². The van der Waals surface area contributed by atoms with Crippen molar-refractivity contribution in [1.82, 2.24) is 0 Å². The molecule has 1 aliphatic rings. The van der Waals surface area contributed by atoms with Gasteiger partial charge in [0.25, 0.3) is 0 Å². The van der Waals surface area contributed by atoms with Crippen molar-refractivity contribution in [3.8, 4) is 0 Å². The summed E-state index contributed by atoms with van der Waals surface area (Å²) < 4.78 is 0. The fraction of sp³-hybridized carbons (Fsp3) is 0.600. The molecule has 16 heavy (non-hydrogen) atoms. The maximum Gasteiger partial charge on any atom is 0.0820 e. The monoisotopic (exact) mass is 218 g/mol. The number of hydrogen-bond donors (Lipinski definition) is 1. The fourth-order valence-corrected chi connectivity index (χ4v) is 2.95. The van der Waals surface area contributed by atoms with Crippen molar-refractivity contribution in [3.05, 3.63) is 34.9 Å². The Bertz CT molecular complexity index is 370. The third-order valence-electron chi connectivity index (χ3n) is 3.93. The number of rotatable bonds is 2. The number of aliphatic hydroxyl groups is 1. The van der Waals surface area contributed by atoms with Gasteiger partial charge in [0.15, 0.2) is 0 Å². The molecule has 1 heteroatoms. The van der Waals surface area contributed by atoms with Crippen molar-refractivity contribution in [1.29, 1.82) is 0 Å². The lowest BCUT2D eigenvalue weighted by Crippen LogP contribution is -2.11.